The summed E-state index contributed by atoms with van der Waals surface area (Å²) in [5, 5.41) is 7.60. The second-order valence-corrected chi connectivity index (χ2v) is 7.06. The lowest BCUT2D eigenvalue weighted by Crippen LogP contribution is -2.43. The molecule has 0 unspecified atom stereocenters. The largest absolute Gasteiger partial charge is 0.489 e. The molecular formula is C21H25ClN4O3. The number of rotatable bonds is 7. The van der Waals surface area contributed by atoms with Gasteiger partial charge >= 0.3 is 0 Å². The van der Waals surface area contributed by atoms with Gasteiger partial charge in [0.2, 0.25) is 11.7 Å². The second kappa shape index (κ2) is 9.82. The molecule has 0 saturated carbocycles. The first kappa shape index (κ1) is 21.2. The van der Waals surface area contributed by atoms with Crippen LogP contribution >= 0.6 is 12.4 Å². The molecule has 2 aromatic heterocycles. The Balaban J connectivity index is 0.00000240. The number of aromatic nitrogens is 3. The van der Waals surface area contributed by atoms with Crippen LogP contribution in [0.5, 0.6) is 5.75 Å². The van der Waals surface area contributed by atoms with Crippen molar-refractivity contribution in [1.82, 2.24) is 20.4 Å². The number of ether oxygens (including phenoxy) is 2. The number of nitrogens with zero attached hydrogens (tertiary/aromatic N) is 3. The van der Waals surface area contributed by atoms with E-state index in [-0.39, 0.29) is 17.8 Å². The third-order valence-electron chi connectivity index (χ3n) is 5.08. The molecule has 154 valence electrons. The number of benzene rings is 1. The summed E-state index contributed by atoms with van der Waals surface area (Å²) in [5.74, 6) is 1.96. The molecule has 0 atom stereocenters. The molecule has 4 rings (SSSR count). The van der Waals surface area contributed by atoms with Crippen molar-refractivity contribution in [2.24, 2.45) is 0 Å². The number of hydrogen-bond donors (Lipinski definition) is 1. The smallest absolute Gasteiger partial charge is 0.235 e. The van der Waals surface area contributed by atoms with Crippen LogP contribution in [0.4, 0.5) is 0 Å². The highest BCUT2D eigenvalue weighted by Crippen LogP contribution is 2.34. The van der Waals surface area contributed by atoms with E-state index in [2.05, 4.69) is 15.5 Å². The summed E-state index contributed by atoms with van der Waals surface area (Å²) >= 11 is 0. The summed E-state index contributed by atoms with van der Waals surface area (Å²) in [6.07, 6.45) is 5.37. The Morgan fingerprint density at radius 1 is 1.17 bits per heavy atom. The molecule has 0 bridgehead atoms. The van der Waals surface area contributed by atoms with Gasteiger partial charge in [-0.25, -0.2) is 0 Å². The summed E-state index contributed by atoms with van der Waals surface area (Å²) in [6.45, 7) is 2.86. The zero-order chi connectivity index (χ0) is 19.2. The minimum absolute atomic E-state index is 0. The molecule has 0 aliphatic carbocycles. The van der Waals surface area contributed by atoms with Gasteiger partial charge in [-0.05, 0) is 44.1 Å². The highest BCUT2D eigenvalue weighted by atomic mass is 35.5. The van der Waals surface area contributed by atoms with E-state index in [1.54, 1.807) is 19.5 Å². The van der Waals surface area contributed by atoms with E-state index in [9.17, 15) is 0 Å². The fourth-order valence-electron chi connectivity index (χ4n) is 3.53. The number of pyridine rings is 1. The normalized spacial score (nSPS) is 15.5. The molecule has 0 radical (unpaired) electrons. The Morgan fingerprint density at radius 2 is 2.03 bits per heavy atom. The van der Waals surface area contributed by atoms with E-state index in [0.717, 1.165) is 42.8 Å². The van der Waals surface area contributed by atoms with Gasteiger partial charge in [0.05, 0.1) is 12.0 Å². The topological polar surface area (TPSA) is 82.3 Å². The maximum Gasteiger partial charge on any atom is 0.235 e. The molecule has 29 heavy (non-hydrogen) atoms. The molecule has 3 heterocycles. The predicted molar refractivity (Wildman–Crippen MR) is 111 cm³/mol. The molecule has 8 heteroatoms. The number of nitrogens with one attached hydrogen (secondary N) is 1. The van der Waals surface area contributed by atoms with Crippen LogP contribution in [0.2, 0.25) is 0 Å². The first-order valence-electron chi connectivity index (χ1n) is 9.45. The number of piperidine rings is 1. The summed E-state index contributed by atoms with van der Waals surface area (Å²) in [6, 6.07) is 11.6. The van der Waals surface area contributed by atoms with Gasteiger partial charge in [0, 0.05) is 30.6 Å². The highest BCUT2D eigenvalue weighted by Gasteiger charge is 2.39. The zero-order valence-electron chi connectivity index (χ0n) is 16.3. The van der Waals surface area contributed by atoms with Gasteiger partial charge in [-0.15, -0.1) is 12.4 Å². The third-order valence-corrected chi connectivity index (χ3v) is 5.08. The summed E-state index contributed by atoms with van der Waals surface area (Å²) in [7, 11) is 1.71. The van der Waals surface area contributed by atoms with Crippen LogP contribution in [0.3, 0.4) is 0 Å². The van der Waals surface area contributed by atoms with Gasteiger partial charge in [-0.2, -0.15) is 4.98 Å². The van der Waals surface area contributed by atoms with Crippen molar-refractivity contribution in [3.63, 3.8) is 0 Å². The first-order chi connectivity index (χ1) is 13.8. The minimum atomic E-state index is -0.223. The van der Waals surface area contributed by atoms with Crippen molar-refractivity contribution in [2.75, 3.05) is 26.8 Å². The Hall–Kier alpha value is -2.48. The lowest BCUT2D eigenvalue weighted by Gasteiger charge is -2.33. The molecule has 1 saturated heterocycles. The first-order valence-corrected chi connectivity index (χ1v) is 9.45. The van der Waals surface area contributed by atoms with Crippen molar-refractivity contribution in [2.45, 2.75) is 24.9 Å². The van der Waals surface area contributed by atoms with E-state index in [0.29, 0.717) is 24.9 Å². The van der Waals surface area contributed by atoms with Crippen molar-refractivity contribution in [3.05, 3.63) is 60.2 Å². The van der Waals surface area contributed by atoms with Crippen LogP contribution in [0, 0.1) is 0 Å². The average Bonchev–Trinajstić information content (AvgIpc) is 3.25. The van der Waals surface area contributed by atoms with Gasteiger partial charge in [0.15, 0.2) is 0 Å². The number of halogens is 1. The van der Waals surface area contributed by atoms with Gasteiger partial charge < -0.3 is 19.3 Å². The second-order valence-electron chi connectivity index (χ2n) is 7.06. The molecule has 0 spiro atoms. The molecule has 3 aromatic rings. The van der Waals surface area contributed by atoms with Crippen LogP contribution in [-0.4, -0.2) is 41.9 Å². The predicted octanol–water partition coefficient (Wildman–Crippen LogP) is 3.40. The van der Waals surface area contributed by atoms with E-state index in [4.69, 9.17) is 19.0 Å². The summed E-state index contributed by atoms with van der Waals surface area (Å²) in [5.41, 5.74) is 1.65. The molecule has 7 nitrogen and oxygen atoms in total. The Bertz CT molecular complexity index is 892. The fraction of sp³-hybridized carbons (Fsp3) is 0.381. The SMILES string of the molecule is COCC1(c2nc(-c3cccc(OCc4cccnc4)c3)no2)CCNCC1.Cl. The van der Waals surface area contributed by atoms with E-state index < -0.39 is 0 Å². The van der Waals surface area contributed by atoms with Gasteiger partial charge in [-0.3, -0.25) is 4.98 Å². The summed E-state index contributed by atoms with van der Waals surface area (Å²) < 4.78 is 17.0. The Labute approximate surface area is 176 Å². The molecule has 1 aliphatic heterocycles. The van der Waals surface area contributed by atoms with Gasteiger partial charge in [0.1, 0.15) is 12.4 Å². The van der Waals surface area contributed by atoms with Crippen LogP contribution in [-0.2, 0) is 16.8 Å². The molecule has 1 aromatic carbocycles. The third kappa shape index (κ3) is 4.93. The fourth-order valence-corrected chi connectivity index (χ4v) is 3.53. The van der Waals surface area contributed by atoms with Crippen LogP contribution in [0.1, 0.15) is 24.3 Å². The number of hydrogen-bond acceptors (Lipinski definition) is 7. The quantitative estimate of drug-likeness (QED) is 0.632. The molecule has 1 N–H and O–H groups in total. The lowest BCUT2D eigenvalue weighted by atomic mass is 9.79. The summed E-state index contributed by atoms with van der Waals surface area (Å²) in [4.78, 5) is 8.81. The Kier molecular flexibility index (Phi) is 7.19. The standard InChI is InChI=1S/C21H24N4O3.ClH/c1-26-15-21(7-10-22-11-8-21)20-24-19(25-28-20)17-5-2-6-18(12-17)27-14-16-4-3-9-23-13-16;/h2-6,9,12-13,22H,7-8,10-11,14-15H2,1H3;1H. The lowest BCUT2D eigenvalue weighted by molar-refractivity contribution is 0.0850. The maximum absolute atomic E-state index is 5.88. The molecule has 1 aliphatic rings. The van der Waals surface area contributed by atoms with E-state index in [1.807, 2.05) is 36.4 Å². The van der Waals surface area contributed by atoms with Crippen molar-refractivity contribution < 1.29 is 14.0 Å². The zero-order valence-corrected chi connectivity index (χ0v) is 17.2. The van der Waals surface area contributed by atoms with E-state index in [1.165, 1.54) is 0 Å². The average molecular weight is 417 g/mol. The molecular weight excluding hydrogens is 392 g/mol. The maximum atomic E-state index is 5.88. The highest BCUT2D eigenvalue weighted by molar-refractivity contribution is 5.85. The van der Waals surface area contributed by atoms with Crippen LogP contribution in [0.15, 0.2) is 53.3 Å². The minimum Gasteiger partial charge on any atom is -0.489 e. The van der Waals surface area contributed by atoms with Gasteiger partial charge in [-0.1, -0.05) is 23.4 Å². The molecule has 0 amide bonds. The Morgan fingerprint density at radius 3 is 2.79 bits per heavy atom. The van der Waals surface area contributed by atoms with Crippen LogP contribution in [0.25, 0.3) is 11.4 Å². The van der Waals surface area contributed by atoms with Crippen molar-refractivity contribution >= 4 is 12.4 Å². The molecule has 1 fully saturated rings. The van der Waals surface area contributed by atoms with Crippen molar-refractivity contribution in [1.29, 1.82) is 0 Å². The number of methoxy groups -OCH3 is 1. The van der Waals surface area contributed by atoms with Crippen molar-refractivity contribution in [3.8, 4) is 17.1 Å². The monoisotopic (exact) mass is 416 g/mol. The van der Waals surface area contributed by atoms with Crippen LogP contribution < -0.4 is 10.1 Å². The van der Waals surface area contributed by atoms with Gasteiger partial charge in [0.25, 0.3) is 0 Å². The van der Waals surface area contributed by atoms with E-state index >= 15 is 0 Å².